The van der Waals surface area contributed by atoms with Crippen LogP contribution in [0.2, 0.25) is 0 Å². The lowest BCUT2D eigenvalue weighted by atomic mass is 10.1. The highest BCUT2D eigenvalue weighted by Crippen LogP contribution is 2.26. The first-order valence-corrected chi connectivity index (χ1v) is 10.4. The lowest BCUT2D eigenvalue weighted by molar-refractivity contribution is -0.119. The predicted molar refractivity (Wildman–Crippen MR) is 129 cm³/mol. The Hall–Kier alpha value is -4.67. The molecule has 174 valence electrons. The Morgan fingerprint density at radius 1 is 1.09 bits per heavy atom. The van der Waals surface area contributed by atoms with E-state index in [1.165, 1.54) is 16.6 Å². The van der Waals surface area contributed by atoms with Gasteiger partial charge in [-0.25, -0.2) is 4.79 Å². The van der Waals surface area contributed by atoms with Gasteiger partial charge in [0, 0.05) is 13.5 Å². The molecule has 34 heavy (non-hydrogen) atoms. The number of nitrogens with zero attached hydrogens (tertiary/aromatic N) is 4. The fourth-order valence-electron chi connectivity index (χ4n) is 3.80. The van der Waals surface area contributed by atoms with Crippen molar-refractivity contribution in [3.63, 3.8) is 0 Å². The Labute approximate surface area is 193 Å². The Kier molecular flexibility index (Phi) is 6.00. The van der Waals surface area contributed by atoms with Crippen molar-refractivity contribution in [1.29, 1.82) is 0 Å². The third kappa shape index (κ3) is 4.18. The van der Waals surface area contributed by atoms with E-state index in [0.717, 1.165) is 10.5 Å². The molecule has 2 aromatic carbocycles. The van der Waals surface area contributed by atoms with Gasteiger partial charge in [0.25, 0.3) is 11.5 Å². The van der Waals surface area contributed by atoms with Crippen molar-refractivity contribution in [2.24, 2.45) is 10.8 Å². The number of aromatic amines is 1. The summed E-state index contributed by atoms with van der Waals surface area (Å²) in [4.78, 5) is 53.6. The van der Waals surface area contributed by atoms with Crippen molar-refractivity contribution in [3.8, 4) is 0 Å². The minimum absolute atomic E-state index is 0.0229. The molecule has 0 bridgehead atoms. The number of nitrogens with two attached hydrogens (primary N) is 2. The quantitative estimate of drug-likeness (QED) is 0.477. The van der Waals surface area contributed by atoms with Gasteiger partial charge in [-0.15, -0.1) is 0 Å². The van der Waals surface area contributed by atoms with Gasteiger partial charge in [-0.3, -0.25) is 28.9 Å². The van der Waals surface area contributed by atoms with Gasteiger partial charge in [-0.05, 0) is 17.7 Å². The molecule has 5 N–H and O–H groups in total. The summed E-state index contributed by atoms with van der Waals surface area (Å²) in [7, 11) is 1.35. The van der Waals surface area contributed by atoms with E-state index in [1.807, 2.05) is 24.3 Å². The highest BCUT2D eigenvalue weighted by molar-refractivity contribution is 6.45. The van der Waals surface area contributed by atoms with Gasteiger partial charge in [-0.1, -0.05) is 48.5 Å². The number of hydrogen-bond donors (Lipinski definition) is 3. The lowest BCUT2D eigenvalue weighted by Crippen LogP contribution is -2.42. The Morgan fingerprint density at radius 2 is 1.71 bits per heavy atom. The van der Waals surface area contributed by atoms with Crippen LogP contribution < -0.4 is 32.6 Å². The number of primary amides is 1. The summed E-state index contributed by atoms with van der Waals surface area (Å²) in [5, 5.41) is 5.69. The Bertz CT molecular complexity index is 1380. The number of para-hydroxylation sites is 1. The third-order valence-corrected chi connectivity index (χ3v) is 5.54. The first-order chi connectivity index (χ1) is 16.3. The number of carbonyl (C=O) groups excluding carboxylic acids is 2. The highest BCUT2D eigenvalue weighted by Gasteiger charge is 2.37. The molecule has 1 aliphatic heterocycles. The zero-order valence-corrected chi connectivity index (χ0v) is 18.3. The summed E-state index contributed by atoms with van der Waals surface area (Å²) in [6.07, 6.45) is -0.0468. The molecule has 4 rings (SSSR count). The smallest absolute Gasteiger partial charge is 0.330 e. The molecule has 1 aromatic heterocycles. The Balaban J connectivity index is 1.69. The van der Waals surface area contributed by atoms with E-state index in [9.17, 15) is 19.2 Å². The van der Waals surface area contributed by atoms with E-state index in [4.69, 9.17) is 11.5 Å². The van der Waals surface area contributed by atoms with E-state index in [1.54, 1.807) is 36.4 Å². The lowest BCUT2D eigenvalue weighted by Gasteiger charge is -2.20. The summed E-state index contributed by atoms with van der Waals surface area (Å²) in [5.41, 5.74) is 11.4. The average molecular weight is 461 g/mol. The van der Waals surface area contributed by atoms with Crippen LogP contribution in [0.1, 0.15) is 12.0 Å². The standard InChI is InChI=1S/C23H23N7O4/c1-28(18-19(24)29(23(34)26-21(18)32)13-14-8-4-2-5-9-14)22(33)16-12-17(20(25)31)30(27-16)15-10-6-3-7-11-15/h2-11,17H,12-13,24H2,1H3,(H2,25,31)(H,26,32,34). The maximum absolute atomic E-state index is 13.3. The van der Waals surface area contributed by atoms with Crippen LogP contribution in [0.15, 0.2) is 75.4 Å². The number of anilines is 3. The summed E-state index contributed by atoms with van der Waals surface area (Å²) in [6.45, 7) is 0.101. The van der Waals surface area contributed by atoms with E-state index in [0.29, 0.717) is 5.69 Å². The van der Waals surface area contributed by atoms with Crippen molar-refractivity contribution in [2.45, 2.75) is 19.0 Å². The number of aromatic nitrogens is 2. The second-order valence-electron chi connectivity index (χ2n) is 7.78. The van der Waals surface area contributed by atoms with Crippen LogP contribution in [0.25, 0.3) is 0 Å². The molecule has 1 atom stereocenters. The normalized spacial score (nSPS) is 15.1. The molecule has 2 heterocycles. The molecule has 0 aliphatic carbocycles. The highest BCUT2D eigenvalue weighted by atomic mass is 16.2. The SMILES string of the molecule is CN(C(=O)C1=NN(c2ccccc2)C(C(N)=O)C1)c1c(N)n(Cc2ccccc2)c(=O)[nH]c1=O. The van der Waals surface area contributed by atoms with Crippen LogP contribution in [0.3, 0.4) is 0 Å². The fourth-order valence-corrected chi connectivity index (χ4v) is 3.80. The summed E-state index contributed by atoms with van der Waals surface area (Å²) in [5.74, 6) is -1.46. The summed E-state index contributed by atoms with van der Waals surface area (Å²) in [6, 6.07) is 17.0. The molecule has 1 unspecified atom stereocenters. The molecular weight excluding hydrogens is 438 g/mol. The van der Waals surface area contributed by atoms with Gasteiger partial charge in [0.15, 0.2) is 5.69 Å². The van der Waals surface area contributed by atoms with Crippen molar-refractivity contribution >= 4 is 34.7 Å². The van der Waals surface area contributed by atoms with Crippen LogP contribution in [-0.4, -0.2) is 40.2 Å². The number of carbonyl (C=O) groups is 2. The van der Waals surface area contributed by atoms with Crippen LogP contribution >= 0.6 is 0 Å². The minimum Gasteiger partial charge on any atom is -0.383 e. The molecule has 11 heteroatoms. The maximum atomic E-state index is 13.3. The number of nitrogens with one attached hydrogen (secondary N) is 1. The second-order valence-corrected chi connectivity index (χ2v) is 7.78. The number of hydrogen-bond acceptors (Lipinski definition) is 7. The van der Waals surface area contributed by atoms with E-state index in [-0.39, 0.29) is 30.2 Å². The van der Waals surface area contributed by atoms with E-state index in [2.05, 4.69) is 10.1 Å². The van der Waals surface area contributed by atoms with Crippen molar-refractivity contribution < 1.29 is 9.59 Å². The second kappa shape index (κ2) is 9.06. The molecule has 0 saturated heterocycles. The minimum atomic E-state index is -0.864. The Morgan fingerprint density at radius 3 is 2.32 bits per heavy atom. The molecule has 3 aromatic rings. The maximum Gasteiger partial charge on any atom is 0.330 e. The number of hydrazone groups is 1. The number of H-pyrrole nitrogens is 1. The topological polar surface area (TPSA) is 160 Å². The van der Waals surface area contributed by atoms with E-state index < -0.39 is 29.1 Å². The first-order valence-electron chi connectivity index (χ1n) is 10.4. The zero-order valence-electron chi connectivity index (χ0n) is 18.3. The van der Waals surface area contributed by atoms with Gasteiger partial charge in [0.2, 0.25) is 5.91 Å². The van der Waals surface area contributed by atoms with Crippen molar-refractivity contribution in [1.82, 2.24) is 9.55 Å². The average Bonchev–Trinajstić information content (AvgIpc) is 3.28. The van der Waals surface area contributed by atoms with Gasteiger partial charge >= 0.3 is 5.69 Å². The predicted octanol–water partition coefficient (Wildman–Crippen LogP) is 0.250. The zero-order chi connectivity index (χ0) is 24.4. The monoisotopic (exact) mass is 461 g/mol. The van der Waals surface area contributed by atoms with Gasteiger partial charge < -0.3 is 16.4 Å². The third-order valence-electron chi connectivity index (χ3n) is 5.54. The number of rotatable bonds is 6. The molecule has 0 saturated carbocycles. The molecule has 0 spiro atoms. The first kappa shape index (κ1) is 22.5. The number of amides is 2. The van der Waals surface area contributed by atoms with Crippen molar-refractivity contribution in [2.75, 3.05) is 22.7 Å². The number of nitrogen functional groups attached to an aromatic ring is 1. The number of benzene rings is 2. The summed E-state index contributed by atoms with van der Waals surface area (Å²) < 4.78 is 1.18. The molecule has 0 radical (unpaired) electrons. The van der Waals surface area contributed by atoms with E-state index >= 15 is 0 Å². The summed E-state index contributed by atoms with van der Waals surface area (Å²) >= 11 is 0. The van der Waals surface area contributed by atoms with Crippen LogP contribution in [0.4, 0.5) is 17.2 Å². The molecule has 11 nitrogen and oxygen atoms in total. The largest absolute Gasteiger partial charge is 0.383 e. The van der Waals surface area contributed by atoms with Crippen LogP contribution in [0, 0.1) is 0 Å². The van der Waals surface area contributed by atoms with Gasteiger partial charge in [0.1, 0.15) is 17.6 Å². The van der Waals surface area contributed by atoms with Crippen molar-refractivity contribution in [3.05, 3.63) is 87.1 Å². The van der Waals surface area contributed by atoms with Gasteiger partial charge in [0.05, 0.1) is 12.2 Å². The molecule has 2 amide bonds. The molecular formula is C23H23N7O4. The molecule has 0 fully saturated rings. The van der Waals surface area contributed by atoms with Gasteiger partial charge in [-0.2, -0.15) is 5.10 Å². The van der Waals surface area contributed by atoms with Crippen LogP contribution in [-0.2, 0) is 16.1 Å². The fraction of sp³-hybridized carbons (Fsp3) is 0.174. The van der Waals surface area contributed by atoms with Crippen LogP contribution in [0.5, 0.6) is 0 Å². The molecule has 1 aliphatic rings.